The van der Waals surface area contributed by atoms with Crippen LogP contribution in [0.15, 0.2) is 11.2 Å². The molecule has 0 aromatic carbocycles. The van der Waals surface area contributed by atoms with Gasteiger partial charge in [-0.2, -0.15) is 13.5 Å². The van der Waals surface area contributed by atoms with Crippen LogP contribution in [0.1, 0.15) is 6.92 Å². The van der Waals surface area contributed by atoms with Crippen molar-refractivity contribution in [1.29, 1.82) is 0 Å². The van der Waals surface area contributed by atoms with Crippen LogP contribution in [-0.4, -0.2) is 43.4 Å². The number of rotatable bonds is 3. The third-order valence-electron chi connectivity index (χ3n) is 2.47. The minimum atomic E-state index is -3.95. The molecule has 9 nitrogen and oxygen atoms in total. The number of hydrogen-bond acceptors (Lipinski definition) is 6. The summed E-state index contributed by atoms with van der Waals surface area (Å²) in [5, 5.41) is 3.61. The highest BCUT2D eigenvalue weighted by molar-refractivity contribution is 7.90. The Balaban J connectivity index is 2.41. The van der Waals surface area contributed by atoms with Gasteiger partial charge in [0.15, 0.2) is 5.03 Å². The first kappa shape index (κ1) is 13.3. The normalized spacial score (nSPS) is 16.7. The quantitative estimate of drug-likeness (QED) is 0.729. The number of carbonyl (C=O) groups is 2. The molecule has 0 radical (unpaired) electrons. The summed E-state index contributed by atoms with van der Waals surface area (Å²) in [5.41, 5.74) is 0.0549. The van der Waals surface area contributed by atoms with E-state index in [1.165, 1.54) is 13.2 Å². The van der Waals surface area contributed by atoms with Gasteiger partial charge in [0.2, 0.25) is 0 Å². The third kappa shape index (κ3) is 2.26. The summed E-state index contributed by atoms with van der Waals surface area (Å²) in [7, 11) is -2.53. The molecule has 0 atom stereocenters. The molecule has 1 aromatic rings. The largest absolute Gasteiger partial charge is 0.465 e. The Bertz CT molecular complexity index is 635. The lowest BCUT2D eigenvalue weighted by molar-refractivity contribution is -0.141. The van der Waals surface area contributed by atoms with Crippen molar-refractivity contribution in [2.24, 2.45) is 7.05 Å². The molecule has 2 amide bonds. The number of nitrogens with zero attached hydrogens (tertiary/aromatic N) is 3. The minimum Gasteiger partial charge on any atom is -0.465 e. The van der Waals surface area contributed by atoms with Gasteiger partial charge in [0.25, 0.3) is 10.0 Å². The first-order valence-electron chi connectivity index (χ1n) is 5.38. The van der Waals surface area contributed by atoms with Crippen molar-refractivity contribution in [3.8, 4) is 0 Å². The van der Waals surface area contributed by atoms with Gasteiger partial charge in [-0.05, 0) is 6.92 Å². The molecule has 1 aliphatic rings. The number of fused-ring (bicyclic) bond motifs is 1. The van der Waals surface area contributed by atoms with Crippen molar-refractivity contribution >= 4 is 27.7 Å². The van der Waals surface area contributed by atoms with Crippen LogP contribution in [0.5, 0.6) is 0 Å². The molecule has 0 saturated heterocycles. The average Bonchev–Trinajstić information content (AvgIpc) is 2.67. The van der Waals surface area contributed by atoms with Gasteiger partial charge in [-0.3, -0.25) is 14.4 Å². The van der Waals surface area contributed by atoms with Crippen molar-refractivity contribution in [3.63, 3.8) is 0 Å². The Morgan fingerprint density at radius 1 is 1.53 bits per heavy atom. The van der Waals surface area contributed by atoms with Gasteiger partial charge in [0.05, 0.1) is 12.8 Å². The maximum absolute atomic E-state index is 11.8. The number of aromatic nitrogens is 2. The van der Waals surface area contributed by atoms with Crippen molar-refractivity contribution in [3.05, 3.63) is 6.20 Å². The van der Waals surface area contributed by atoms with Gasteiger partial charge in [0.1, 0.15) is 12.2 Å². The SMILES string of the molecule is CCOC(=O)CN1C(=O)NS(=O)(=O)c2c1cnn2C. The summed E-state index contributed by atoms with van der Waals surface area (Å²) >= 11 is 0. The van der Waals surface area contributed by atoms with Crippen LogP contribution in [0.4, 0.5) is 10.5 Å². The first-order valence-corrected chi connectivity index (χ1v) is 6.87. The van der Waals surface area contributed by atoms with Gasteiger partial charge in [-0.1, -0.05) is 0 Å². The zero-order chi connectivity index (χ0) is 14.2. The average molecular weight is 288 g/mol. The molecule has 1 aromatic heterocycles. The standard InChI is InChI=1S/C9H12N4O5S/c1-3-18-7(14)5-13-6-4-10-12(2)8(6)19(16,17)11-9(13)15/h4H,3,5H2,1-2H3,(H,11,15). The van der Waals surface area contributed by atoms with Crippen LogP contribution in [-0.2, 0) is 26.6 Å². The lowest BCUT2D eigenvalue weighted by Crippen LogP contribution is -2.50. The van der Waals surface area contributed by atoms with Crippen LogP contribution >= 0.6 is 0 Å². The number of sulfonamides is 1. The molecule has 2 heterocycles. The molecule has 10 heteroatoms. The molecule has 0 bridgehead atoms. The monoisotopic (exact) mass is 288 g/mol. The van der Waals surface area contributed by atoms with E-state index in [1.807, 2.05) is 4.72 Å². The number of anilines is 1. The van der Waals surface area contributed by atoms with E-state index in [-0.39, 0.29) is 23.9 Å². The Kier molecular flexibility index (Phi) is 3.18. The second-order valence-corrected chi connectivity index (χ2v) is 5.36. The van der Waals surface area contributed by atoms with Crippen LogP contribution < -0.4 is 9.62 Å². The summed E-state index contributed by atoms with van der Waals surface area (Å²) < 4.78 is 31.2. The second kappa shape index (κ2) is 4.53. The zero-order valence-corrected chi connectivity index (χ0v) is 11.1. The van der Waals surface area contributed by atoms with Gasteiger partial charge in [-0.25, -0.2) is 9.52 Å². The molecule has 104 valence electrons. The summed E-state index contributed by atoms with van der Waals surface area (Å²) in [6.07, 6.45) is 1.21. The van der Waals surface area contributed by atoms with Crippen molar-refractivity contribution in [2.75, 3.05) is 18.1 Å². The Morgan fingerprint density at radius 3 is 2.84 bits per heavy atom. The van der Waals surface area contributed by atoms with Crippen LogP contribution in [0.25, 0.3) is 0 Å². The topological polar surface area (TPSA) is 111 Å². The van der Waals surface area contributed by atoms with E-state index in [0.717, 1.165) is 9.58 Å². The Hall–Kier alpha value is -2.10. The van der Waals surface area contributed by atoms with E-state index in [2.05, 4.69) is 5.10 Å². The van der Waals surface area contributed by atoms with Gasteiger partial charge in [0, 0.05) is 7.05 Å². The molecule has 0 fully saturated rings. The molecule has 0 unspecified atom stereocenters. The first-order chi connectivity index (χ1) is 8.86. The lowest BCUT2D eigenvalue weighted by Gasteiger charge is -2.26. The predicted octanol–water partition coefficient (Wildman–Crippen LogP) is -0.798. The zero-order valence-electron chi connectivity index (χ0n) is 10.3. The van der Waals surface area contributed by atoms with E-state index in [9.17, 15) is 18.0 Å². The number of nitrogens with one attached hydrogen (secondary N) is 1. The molecule has 1 N–H and O–H groups in total. The second-order valence-electron chi connectivity index (χ2n) is 3.76. The smallest absolute Gasteiger partial charge is 0.336 e. The maximum atomic E-state index is 11.8. The molecular weight excluding hydrogens is 276 g/mol. The van der Waals surface area contributed by atoms with Gasteiger partial charge in [-0.15, -0.1) is 0 Å². The van der Waals surface area contributed by atoms with Crippen molar-refractivity contribution in [2.45, 2.75) is 11.9 Å². The molecule has 1 aliphatic heterocycles. The summed E-state index contributed by atoms with van der Waals surface area (Å²) in [5.74, 6) is -0.633. The lowest BCUT2D eigenvalue weighted by atomic mass is 10.4. The Labute approximate surface area is 109 Å². The fraction of sp³-hybridized carbons (Fsp3) is 0.444. The van der Waals surface area contributed by atoms with E-state index < -0.39 is 22.0 Å². The van der Waals surface area contributed by atoms with Crippen LogP contribution in [0, 0.1) is 0 Å². The summed E-state index contributed by atoms with van der Waals surface area (Å²) in [6.45, 7) is 1.43. The van der Waals surface area contributed by atoms with Gasteiger partial charge >= 0.3 is 12.0 Å². The number of esters is 1. The minimum absolute atomic E-state index is 0.0549. The predicted molar refractivity (Wildman–Crippen MR) is 62.9 cm³/mol. The molecule has 0 aliphatic carbocycles. The molecular formula is C9H12N4O5S. The number of ether oxygens (including phenoxy) is 1. The van der Waals surface area contributed by atoms with Gasteiger partial charge < -0.3 is 4.74 Å². The fourth-order valence-electron chi connectivity index (χ4n) is 1.73. The highest BCUT2D eigenvalue weighted by Gasteiger charge is 2.38. The number of carbonyl (C=O) groups excluding carboxylic acids is 2. The number of amides is 2. The number of aryl methyl sites for hydroxylation is 1. The van der Waals surface area contributed by atoms with E-state index in [0.29, 0.717) is 0 Å². The Morgan fingerprint density at radius 2 is 2.21 bits per heavy atom. The van der Waals surface area contributed by atoms with Crippen molar-refractivity contribution in [1.82, 2.24) is 14.5 Å². The number of urea groups is 1. The van der Waals surface area contributed by atoms with Crippen LogP contribution in [0.3, 0.4) is 0 Å². The number of hydrogen-bond donors (Lipinski definition) is 1. The maximum Gasteiger partial charge on any atom is 0.336 e. The van der Waals surface area contributed by atoms with E-state index >= 15 is 0 Å². The third-order valence-corrected chi connectivity index (χ3v) is 3.90. The summed E-state index contributed by atoms with van der Waals surface area (Å²) in [4.78, 5) is 24.1. The van der Waals surface area contributed by atoms with Crippen molar-refractivity contribution < 1.29 is 22.7 Å². The van der Waals surface area contributed by atoms with E-state index in [4.69, 9.17) is 4.74 Å². The molecule has 0 spiro atoms. The van der Waals surface area contributed by atoms with Crippen LogP contribution in [0.2, 0.25) is 0 Å². The fourth-order valence-corrected chi connectivity index (χ4v) is 3.00. The molecule has 2 rings (SSSR count). The highest BCUT2D eigenvalue weighted by Crippen LogP contribution is 2.28. The highest BCUT2D eigenvalue weighted by atomic mass is 32.2. The molecule has 0 saturated carbocycles. The molecule has 19 heavy (non-hydrogen) atoms. The van der Waals surface area contributed by atoms with E-state index in [1.54, 1.807) is 6.92 Å². The summed E-state index contributed by atoms with van der Waals surface area (Å²) in [6, 6.07) is -0.909.